The van der Waals surface area contributed by atoms with Crippen molar-refractivity contribution in [2.75, 3.05) is 0 Å². The Kier molecular flexibility index (Phi) is 2.62. The molecule has 0 radical (unpaired) electrons. The highest BCUT2D eigenvalue weighted by atomic mass is 19.2. The van der Waals surface area contributed by atoms with Crippen LogP contribution in [-0.4, -0.2) is 11.8 Å². The predicted molar refractivity (Wildman–Crippen MR) is 31.6 cm³/mol. The van der Waals surface area contributed by atoms with Crippen LogP contribution in [0.3, 0.4) is 0 Å². The Hall–Kier alpha value is -0.600. The fraction of sp³-hybridized carbons (Fsp3) is 0.833. The van der Waals surface area contributed by atoms with Crippen LogP contribution in [0.2, 0.25) is 0 Å². The second-order valence-corrected chi connectivity index (χ2v) is 2.19. The third kappa shape index (κ3) is 5.27. The molecule has 0 aromatic rings. The summed E-state index contributed by atoms with van der Waals surface area (Å²) in [5.41, 5.74) is 0. The van der Waals surface area contributed by atoms with Gasteiger partial charge in [-0.2, -0.15) is 4.39 Å². The van der Waals surface area contributed by atoms with E-state index in [1.807, 2.05) is 0 Å². The zero-order valence-electron chi connectivity index (χ0n) is 5.90. The number of halogens is 1. The first-order valence-corrected chi connectivity index (χ1v) is 2.86. The Morgan fingerprint density at radius 3 is 2.22 bits per heavy atom. The molecule has 0 fully saturated rings. The molecule has 0 saturated heterocycles. The van der Waals surface area contributed by atoms with E-state index in [0.717, 1.165) is 0 Å². The molecule has 0 saturated carbocycles. The number of hydrogen-bond acceptors (Lipinski definition) is 2. The van der Waals surface area contributed by atoms with Crippen LogP contribution in [0.1, 0.15) is 27.2 Å². The van der Waals surface area contributed by atoms with E-state index >= 15 is 0 Å². The lowest BCUT2D eigenvalue weighted by Crippen LogP contribution is -2.21. The molecule has 0 atom stereocenters. The van der Waals surface area contributed by atoms with Crippen LogP contribution in [0.15, 0.2) is 0 Å². The van der Waals surface area contributed by atoms with Gasteiger partial charge in [-0.25, -0.2) is 0 Å². The molecule has 0 aromatic carbocycles. The van der Waals surface area contributed by atoms with Gasteiger partial charge in [-0.05, 0) is 0 Å². The summed E-state index contributed by atoms with van der Waals surface area (Å²) in [4.78, 5) is 10.4. The maximum atomic E-state index is 12.4. The molecule has 0 bridgehead atoms. The monoisotopic (exact) mass is 134 g/mol. The molecule has 0 amide bonds. The first-order chi connectivity index (χ1) is 3.95. The number of carbonyl (C=O) groups excluding carboxylic acids is 1. The van der Waals surface area contributed by atoms with E-state index in [1.165, 1.54) is 13.8 Å². The van der Waals surface area contributed by atoms with Crippen LogP contribution < -0.4 is 0 Å². The summed E-state index contributed by atoms with van der Waals surface area (Å²) in [7, 11) is 0. The summed E-state index contributed by atoms with van der Waals surface area (Å²) in [5.74, 6) is -2.34. The molecular weight excluding hydrogens is 123 g/mol. The predicted octanol–water partition coefficient (Wildman–Crippen LogP) is 1.65. The number of esters is 1. The van der Waals surface area contributed by atoms with Gasteiger partial charge in [-0.15, -0.1) is 0 Å². The number of rotatable bonds is 2. The molecule has 0 aliphatic rings. The highest BCUT2D eigenvalue weighted by Gasteiger charge is 2.18. The van der Waals surface area contributed by atoms with Crippen molar-refractivity contribution in [1.29, 1.82) is 0 Å². The maximum Gasteiger partial charge on any atom is 0.308 e. The summed E-state index contributed by atoms with van der Waals surface area (Å²) >= 11 is 0. The number of carbonyl (C=O) groups is 1. The maximum absolute atomic E-state index is 12.4. The van der Waals surface area contributed by atoms with Gasteiger partial charge < -0.3 is 4.74 Å². The summed E-state index contributed by atoms with van der Waals surface area (Å²) in [6, 6.07) is 0. The Labute approximate surface area is 54.0 Å². The molecule has 0 spiro atoms. The van der Waals surface area contributed by atoms with Crippen LogP contribution in [-0.2, 0) is 9.53 Å². The lowest BCUT2D eigenvalue weighted by atomic mass is 10.4. The average molecular weight is 134 g/mol. The van der Waals surface area contributed by atoms with Gasteiger partial charge in [0.25, 0.3) is 0 Å². The molecule has 0 rings (SSSR count). The number of alkyl halides is 1. The van der Waals surface area contributed by atoms with Gasteiger partial charge in [-0.3, -0.25) is 4.79 Å². The van der Waals surface area contributed by atoms with Crippen LogP contribution >= 0.6 is 0 Å². The van der Waals surface area contributed by atoms with Gasteiger partial charge in [-0.1, -0.05) is 6.92 Å². The van der Waals surface area contributed by atoms with Gasteiger partial charge in [0.05, 0.1) is 0 Å². The highest BCUT2D eigenvalue weighted by molar-refractivity contribution is 5.69. The third-order valence-corrected chi connectivity index (χ3v) is 0.645. The molecule has 0 aliphatic carbocycles. The Bertz CT molecular complexity index is 104. The van der Waals surface area contributed by atoms with Crippen molar-refractivity contribution < 1.29 is 13.9 Å². The van der Waals surface area contributed by atoms with E-state index in [1.54, 1.807) is 6.92 Å². The summed E-state index contributed by atoms with van der Waals surface area (Å²) in [6.07, 6.45) is 0.216. The largest absolute Gasteiger partial charge is 0.429 e. The lowest BCUT2D eigenvalue weighted by molar-refractivity contribution is -0.173. The summed E-state index contributed by atoms with van der Waals surface area (Å²) < 4.78 is 16.7. The Morgan fingerprint density at radius 2 is 2.11 bits per heavy atom. The minimum absolute atomic E-state index is 0.216. The SMILES string of the molecule is CCC(=O)OC(C)(C)F. The van der Waals surface area contributed by atoms with Crippen LogP contribution in [0.4, 0.5) is 4.39 Å². The smallest absolute Gasteiger partial charge is 0.308 e. The van der Waals surface area contributed by atoms with Gasteiger partial charge in [0, 0.05) is 20.3 Å². The van der Waals surface area contributed by atoms with Gasteiger partial charge in [0.2, 0.25) is 5.85 Å². The van der Waals surface area contributed by atoms with Crippen LogP contribution in [0.25, 0.3) is 0 Å². The van der Waals surface area contributed by atoms with E-state index in [0.29, 0.717) is 0 Å². The van der Waals surface area contributed by atoms with Crippen molar-refractivity contribution in [3.05, 3.63) is 0 Å². The number of hydrogen-bond donors (Lipinski definition) is 0. The summed E-state index contributed by atoms with van der Waals surface area (Å²) in [6.45, 7) is 4.01. The van der Waals surface area contributed by atoms with E-state index in [9.17, 15) is 9.18 Å². The van der Waals surface area contributed by atoms with Gasteiger partial charge in [0.15, 0.2) is 0 Å². The van der Waals surface area contributed by atoms with E-state index in [-0.39, 0.29) is 6.42 Å². The molecular formula is C6H11FO2. The zero-order valence-corrected chi connectivity index (χ0v) is 5.90. The molecule has 0 aliphatic heterocycles. The van der Waals surface area contributed by atoms with Crippen molar-refractivity contribution >= 4 is 5.97 Å². The molecule has 3 heteroatoms. The first kappa shape index (κ1) is 8.40. The number of ether oxygens (including phenoxy) is 1. The van der Waals surface area contributed by atoms with Gasteiger partial charge >= 0.3 is 5.97 Å². The quantitative estimate of drug-likeness (QED) is 0.537. The third-order valence-electron chi connectivity index (χ3n) is 0.645. The van der Waals surface area contributed by atoms with Crippen LogP contribution in [0, 0.1) is 0 Å². The zero-order chi connectivity index (χ0) is 7.49. The molecule has 0 N–H and O–H groups in total. The summed E-state index contributed by atoms with van der Waals surface area (Å²) in [5, 5.41) is 0. The highest BCUT2D eigenvalue weighted by Crippen LogP contribution is 2.10. The molecule has 0 aromatic heterocycles. The Morgan fingerprint density at radius 1 is 1.67 bits per heavy atom. The van der Waals surface area contributed by atoms with Gasteiger partial charge in [0.1, 0.15) is 0 Å². The van der Waals surface area contributed by atoms with Crippen molar-refractivity contribution in [2.24, 2.45) is 0 Å². The molecule has 0 unspecified atom stereocenters. The molecule has 9 heavy (non-hydrogen) atoms. The van der Waals surface area contributed by atoms with E-state index in [2.05, 4.69) is 4.74 Å². The average Bonchev–Trinajstić information content (AvgIpc) is 1.62. The second kappa shape index (κ2) is 2.80. The van der Waals surface area contributed by atoms with Crippen molar-refractivity contribution in [3.8, 4) is 0 Å². The van der Waals surface area contributed by atoms with E-state index < -0.39 is 11.8 Å². The fourth-order valence-corrected chi connectivity index (χ4v) is 0.343. The fourth-order valence-electron chi connectivity index (χ4n) is 0.343. The van der Waals surface area contributed by atoms with E-state index in [4.69, 9.17) is 0 Å². The minimum Gasteiger partial charge on any atom is -0.429 e. The molecule has 54 valence electrons. The molecule has 0 heterocycles. The standard InChI is InChI=1S/C6H11FO2/c1-4-5(8)9-6(2,3)7/h4H2,1-3H3. The second-order valence-electron chi connectivity index (χ2n) is 2.19. The lowest BCUT2D eigenvalue weighted by Gasteiger charge is -2.13. The normalized spacial score (nSPS) is 11.1. The van der Waals surface area contributed by atoms with Crippen molar-refractivity contribution in [3.63, 3.8) is 0 Å². The van der Waals surface area contributed by atoms with Crippen molar-refractivity contribution in [2.45, 2.75) is 33.0 Å². The topological polar surface area (TPSA) is 26.3 Å². The first-order valence-electron chi connectivity index (χ1n) is 2.86. The Balaban J connectivity index is 3.60. The minimum atomic E-state index is -1.83. The van der Waals surface area contributed by atoms with Crippen LogP contribution in [0.5, 0.6) is 0 Å². The molecule has 2 nitrogen and oxygen atoms in total. The van der Waals surface area contributed by atoms with Crippen molar-refractivity contribution in [1.82, 2.24) is 0 Å².